The molecule has 1 aliphatic rings. The van der Waals surface area contributed by atoms with Crippen LogP contribution in [0.15, 0.2) is 23.2 Å². The van der Waals surface area contributed by atoms with Crippen molar-refractivity contribution < 1.29 is 5.11 Å². The normalized spacial score (nSPS) is 13.7. The molecule has 2 aromatic heterocycles. The van der Waals surface area contributed by atoms with E-state index in [-0.39, 0.29) is 12.6 Å². The molecule has 0 aliphatic carbocycles. The molecule has 0 fully saturated rings. The van der Waals surface area contributed by atoms with Crippen LogP contribution >= 0.6 is 0 Å². The fraction of sp³-hybridized carbons (Fsp3) is 0.286. The number of pyridine rings is 1. The summed E-state index contributed by atoms with van der Waals surface area (Å²) in [5.41, 5.74) is 8.20. The molecule has 7 heteroatoms. The molecule has 1 aliphatic heterocycles. The zero-order chi connectivity index (χ0) is 14.7. The van der Waals surface area contributed by atoms with Crippen molar-refractivity contribution in [2.75, 3.05) is 30.7 Å². The largest absolute Gasteiger partial charge is 0.396 e. The van der Waals surface area contributed by atoms with Crippen LogP contribution in [-0.4, -0.2) is 46.0 Å². The van der Waals surface area contributed by atoms with Gasteiger partial charge >= 0.3 is 0 Å². The summed E-state index contributed by atoms with van der Waals surface area (Å²) >= 11 is 0. The molecule has 2 aromatic rings. The maximum atomic E-state index is 8.84. The molecule has 0 saturated heterocycles. The van der Waals surface area contributed by atoms with Gasteiger partial charge in [-0.05, 0) is 24.6 Å². The van der Waals surface area contributed by atoms with Crippen molar-refractivity contribution in [1.82, 2.24) is 15.0 Å². The van der Waals surface area contributed by atoms with E-state index in [1.165, 1.54) is 0 Å². The number of allylic oxidation sites excluding steroid dienone is 1. The first-order valence-corrected chi connectivity index (χ1v) is 6.76. The summed E-state index contributed by atoms with van der Waals surface area (Å²) in [7, 11) is 0. The summed E-state index contributed by atoms with van der Waals surface area (Å²) in [6.07, 6.45) is 4.36. The van der Waals surface area contributed by atoms with Crippen LogP contribution in [0.25, 0.3) is 16.6 Å². The van der Waals surface area contributed by atoms with Crippen LogP contribution in [0.5, 0.6) is 0 Å². The first kappa shape index (κ1) is 13.4. The van der Waals surface area contributed by atoms with Gasteiger partial charge in [-0.1, -0.05) is 0 Å². The van der Waals surface area contributed by atoms with Gasteiger partial charge in [0.15, 0.2) is 5.65 Å². The fourth-order valence-electron chi connectivity index (χ4n) is 2.14. The highest BCUT2D eigenvalue weighted by molar-refractivity contribution is 5.92. The number of hydrogen-bond donors (Lipinski definition) is 3. The number of aromatic nitrogens is 3. The smallest absolute Gasteiger partial charge is 0.224 e. The molecule has 0 radical (unpaired) electrons. The predicted molar refractivity (Wildman–Crippen MR) is 83.3 cm³/mol. The van der Waals surface area contributed by atoms with Crippen molar-refractivity contribution in [2.45, 2.75) is 6.42 Å². The van der Waals surface area contributed by atoms with E-state index in [4.69, 9.17) is 10.8 Å². The van der Waals surface area contributed by atoms with Crippen LogP contribution < -0.4 is 11.1 Å². The molecule has 4 N–H and O–H groups in total. The van der Waals surface area contributed by atoms with Gasteiger partial charge in [0.1, 0.15) is 5.82 Å². The van der Waals surface area contributed by atoms with Gasteiger partial charge in [-0.25, -0.2) is 4.98 Å². The molecule has 0 spiro atoms. The number of aliphatic imine (C=N–C) groups is 1. The Kier molecular flexibility index (Phi) is 3.74. The molecule has 7 nitrogen and oxygen atoms in total. The van der Waals surface area contributed by atoms with Gasteiger partial charge in [-0.15, -0.1) is 0 Å². The van der Waals surface area contributed by atoms with Crippen LogP contribution in [-0.2, 0) is 0 Å². The van der Waals surface area contributed by atoms with Crippen molar-refractivity contribution in [2.24, 2.45) is 4.99 Å². The Morgan fingerprint density at radius 2 is 2.14 bits per heavy atom. The number of hydrogen-bond acceptors (Lipinski definition) is 7. The molecule has 0 saturated carbocycles. The van der Waals surface area contributed by atoms with Crippen molar-refractivity contribution in [1.29, 1.82) is 0 Å². The van der Waals surface area contributed by atoms with E-state index in [1.54, 1.807) is 6.21 Å². The number of nitrogen functional groups attached to an aromatic ring is 1. The maximum absolute atomic E-state index is 8.84. The summed E-state index contributed by atoms with van der Waals surface area (Å²) in [4.78, 5) is 17.1. The Hall–Kier alpha value is -2.54. The average molecular weight is 284 g/mol. The van der Waals surface area contributed by atoms with E-state index in [0.717, 1.165) is 16.7 Å². The Morgan fingerprint density at radius 1 is 1.24 bits per heavy atom. The minimum Gasteiger partial charge on any atom is -0.396 e. The van der Waals surface area contributed by atoms with Crippen LogP contribution in [0.2, 0.25) is 0 Å². The molecule has 0 bridgehead atoms. The molecule has 0 aromatic carbocycles. The third kappa shape index (κ3) is 2.82. The summed E-state index contributed by atoms with van der Waals surface area (Å²) in [6, 6.07) is 3.86. The van der Waals surface area contributed by atoms with Gasteiger partial charge in [0.05, 0.1) is 17.6 Å². The van der Waals surface area contributed by atoms with Gasteiger partial charge in [0.2, 0.25) is 5.95 Å². The molecule has 0 unspecified atom stereocenters. The number of nitrogens with zero attached hydrogens (tertiary/aromatic N) is 4. The molecule has 0 amide bonds. The second-order valence-electron chi connectivity index (χ2n) is 4.68. The molecular formula is C14H16N6O. The zero-order valence-electron chi connectivity index (χ0n) is 11.5. The van der Waals surface area contributed by atoms with Crippen molar-refractivity contribution in [3.05, 3.63) is 23.9 Å². The molecular weight excluding hydrogens is 268 g/mol. The zero-order valence-corrected chi connectivity index (χ0v) is 11.5. The van der Waals surface area contributed by atoms with Crippen molar-refractivity contribution in [3.8, 4) is 0 Å². The second-order valence-corrected chi connectivity index (χ2v) is 4.68. The van der Waals surface area contributed by atoms with Crippen molar-refractivity contribution in [3.63, 3.8) is 0 Å². The van der Waals surface area contributed by atoms with E-state index in [9.17, 15) is 0 Å². The molecule has 3 rings (SSSR count). The lowest BCUT2D eigenvalue weighted by atomic mass is 10.1. The highest BCUT2D eigenvalue weighted by atomic mass is 16.3. The third-order valence-electron chi connectivity index (χ3n) is 3.18. The predicted octanol–water partition coefficient (Wildman–Crippen LogP) is 0.869. The summed E-state index contributed by atoms with van der Waals surface area (Å²) in [5, 5.41) is 12.8. The summed E-state index contributed by atoms with van der Waals surface area (Å²) < 4.78 is 0. The maximum Gasteiger partial charge on any atom is 0.224 e. The van der Waals surface area contributed by atoms with E-state index < -0.39 is 0 Å². The minimum absolute atomic E-state index is 0.127. The lowest BCUT2D eigenvalue weighted by Crippen LogP contribution is -2.08. The number of nitrogens with one attached hydrogen (secondary N) is 1. The minimum atomic E-state index is 0.127. The number of aliphatic hydroxyl groups excluding tert-OH is 1. The van der Waals surface area contributed by atoms with Crippen molar-refractivity contribution >= 4 is 34.6 Å². The first-order chi connectivity index (χ1) is 10.3. The number of anilines is 2. The van der Waals surface area contributed by atoms with E-state index in [1.807, 2.05) is 18.2 Å². The lowest BCUT2D eigenvalue weighted by Gasteiger charge is -2.09. The number of aliphatic hydroxyl groups is 1. The summed E-state index contributed by atoms with van der Waals surface area (Å²) in [5.74, 6) is 0.817. The molecule has 108 valence electrons. The number of nitrogens with two attached hydrogens (primary N) is 1. The number of fused-ring (bicyclic) bond motifs is 1. The lowest BCUT2D eigenvalue weighted by molar-refractivity contribution is 0.292. The monoisotopic (exact) mass is 284 g/mol. The fourth-order valence-corrected chi connectivity index (χ4v) is 2.14. The van der Waals surface area contributed by atoms with Gasteiger partial charge < -0.3 is 16.2 Å². The quantitative estimate of drug-likeness (QED) is 0.703. The van der Waals surface area contributed by atoms with Gasteiger partial charge in [0.25, 0.3) is 0 Å². The molecule has 21 heavy (non-hydrogen) atoms. The highest BCUT2D eigenvalue weighted by Gasteiger charge is 2.11. The third-order valence-corrected chi connectivity index (χ3v) is 3.18. The van der Waals surface area contributed by atoms with Crippen LogP contribution in [0, 0.1) is 0 Å². The Bertz CT molecular complexity index is 725. The van der Waals surface area contributed by atoms with Gasteiger partial charge in [-0.3, -0.25) is 4.99 Å². The van der Waals surface area contributed by atoms with E-state index in [0.29, 0.717) is 31.0 Å². The molecule has 3 heterocycles. The van der Waals surface area contributed by atoms with Gasteiger partial charge in [0, 0.05) is 24.9 Å². The first-order valence-electron chi connectivity index (χ1n) is 6.76. The Balaban J connectivity index is 1.97. The van der Waals surface area contributed by atoms with Crippen LogP contribution in [0.1, 0.15) is 12.1 Å². The van der Waals surface area contributed by atoms with Crippen LogP contribution in [0.4, 0.5) is 11.8 Å². The van der Waals surface area contributed by atoms with Gasteiger partial charge in [-0.2, -0.15) is 9.97 Å². The SMILES string of the molecule is Nc1nc(NCCCO)c2ccc(C3=CC=NC3)nc2n1. The topological polar surface area (TPSA) is 109 Å². The Morgan fingerprint density at radius 3 is 2.90 bits per heavy atom. The number of rotatable bonds is 5. The summed E-state index contributed by atoms with van der Waals surface area (Å²) in [6.45, 7) is 1.38. The standard InChI is InChI=1S/C14H16N6O/c15-14-19-12(17-5-1-7-21)10-2-3-11(18-13(10)20-14)9-4-6-16-8-9/h2-4,6,21H,1,5,7-8H2,(H3,15,17,18,19,20). The highest BCUT2D eigenvalue weighted by Crippen LogP contribution is 2.23. The average Bonchev–Trinajstić information content (AvgIpc) is 3.01. The second kappa shape index (κ2) is 5.84. The Labute approximate surface area is 121 Å². The van der Waals surface area contributed by atoms with E-state index in [2.05, 4.69) is 25.3 Å². The molecule has 0 atom stereocenters. The van der Waals surface area contributed by atoms with E-state index >= 15 is 0 Å². The van der Waals surface area contributed by atoms with Crippen LogP contribution in [0.3, 0.4) is 0 Å².